The van der Waals surface area contributed by atoms with Gasteiger partial charge < -0.3 is 14.7 Å². The summed E-state index contributed by atoms with van der Waals surface area (Å²) in [6.45, 7) is 8.04. The van der Waals surface area contributed by atoms with Gasteiger partial charge in [-0.1, -0.05) is 27.2 Å². The van der Waals surface area contributed by atoms with E-state index in [1.54, 1.807) is 0 Å². The zero-order valence-electron chi connectivity index (χ0n) is 13.9. The number of esters is 1. The summed E-state index contributed by atoms with van der Waals surface area (Å²) in [7, 11) is 0. The molecular weight excluding hydrogens is 284 g/mol. The predicted octanol–water partition coefficient (Wildman–Crippen LogP) is 1.09. The van der Waals surface area contributed by atoms with Gasteiger partial charge in [-0.2, -0.15) is 0 Å². The number of nitrogens with one attached hydrogen (secondary N) is 1. The lowest BCUT2D eigenvalue weighted by Crippen LogP contribution is -2.43. The molecule has 2 aliphatic rings. The van der Waals surface area contributed by atoms with Gasteiger partial charge in [0.25, 0.3) is 0 Å². The highest BCUT2D eigenvalue weighted by Gasteiger charge is 2.40. The van der Waals surface area contributed by atoms with Gasteiger partial charge in [0.05, 0.1) is 6.54 Å². The second kappa shape index (κ2) is 6.96. The summed E-state index contributed by atoms with van der Waals surface area (Å²) in [6.07, 6.45) is 1.97. The molecule has 126 valence electrons. The van der Waals surface area contributed by atoms with Crippen molar-refractivity contribution in [3.63, 3.8) is 0 Å². The largest absolute Gasteiger partial charge is 0.461 e. The van der Waals surface area contributed by atoms with Crippen molar-refractivity contribution in [3.05, 3.63) is 0 Å². The van der Waals surface area contributed by atoms with E-state index in [-0.39, 0.29) is 24.5 Å². The molecule has 0 aromatic rings. The van der Waals surface area contributed by atoms with Gasteiger partial charge in [-0.05, 0) is 30.6 Å². The molecule has 0 aromatic heterocycles. The number of hydrogen-bond acceptors (Lipinski definition) is 5. The van der Waals surface area contributed by atoms with Crippen LogP contribution >= 0.6 is 0 Å². The van der Waals surface area contributed by atoms with E-state index in [2.05, 4.69) is 26.1 Å². The molecule has 0 aromatic carbocycles. The Bertz CT molecular complexity index is 426. The lowest BCUT2D eigenvalue weighted by Gasteiger charge is -2.37. The number of nitrogens with zero attached hydrogens (tertiary/aromatic N) is 1. The molecule has 0 bridgehead atoms. The van der Waals surface area contributed by atoms with Crippen LogP contribution in [-0.2, 0) is 14.3 Å². The average Bonchev–Trinajstić information content (AvgIpc) is 2.80. The first-order valence-electron chi connectivity index (χ1n) is 8.21. The third-order valence-electron chi connectivity index (χ3n) is 4.94. The van der Waals surface area contributed by atoms with E-state index in [9.17, 15) is 14.7 Å². The van der Waals surface area contributed by atoms with Crippen LogP contribution in [0.2, 0.25) is 0 Å². The van der Waals surface area contributed by atoms with Crippen LogP contribution in [0.1, 0.15) is 47.0 Å². The number of ether oxygens (including phenoxy) is 1. The number of amides is 1. The molecule has 2 rings (SSSR count). The number of rotatable bonds is 3. The van der Waals surface area contributed by atoms with Crippen LogP contribution in [0.15, 0.2) is 0 Å². The van der Waals surface area contributed by atoms with Crippen molar-refractivity contribution in [2.45, 2.75) is 65.5 Å². The standard InChI is InChI=1S/C16H28N2O4/c1-9(2)12-6-5-10(3)7-14(12)22-15(20)13-8-18(11(4)19)16(21)17-13/h9-10,12-14,16-17,21H,5-8H2,1-4H3/t10-,12+,13+,14-,16?/m1/s1. The van der Waals surface area contributed by atoms with Crippen molar-refractivity contribution < 1.29 is 19.4 Å². The van der Waals surface area contributed by atoms with E-state index in [0.717, 1.165) is 12.8 Å². The van der Waals surface area contributed by atoms with E-state index >= 15 is 0 Å². The molecule has 1 aliphatic heterocycles. The third kappa shape index (κ3) is 3.79. The number of aliphatic hydroxyl groups is 1. The van der Waals surface area contributed by atoms with Crippen molar-refractivity contribution in [3.8, 4) is 0 Å². The molecule has 0 radical (unpaired) electrons. The van der Waals surface area contributed by atoms with Crippen molar-refractivity contribution >= 4 is 11.9 Å². The van der Waals surface area contributed by atoms with Crippen molar-refractivity contribution in [1.82, 2.24) is 10.2 Å². The van der Waals surface area contributed by atoms with E-state index < -0.39 is 12.4 Å². The third-order valence-corrected chi connectivity index (χ3v) is 4.94. The maximum atomic E-state index is 12.4. The highest BCUT2D eigenvalue weighted by Crippen LogP contribution is 2.35. The monoisotopic (exact) mass is 312 g/mol. The van der Waals surface area contributed by atoms with E-state index in [1.165, 1.54) is 18.2 Å². The van der Waals surface area contributed by atoms with Gasteiger partial charge in [-0.25, -0.2) is 0 Å². The van der Waals surface area contributed by atoms with Crippen LogP contribution in [0.25, 0.3) is 0 Å². The molecular formula is C16H28N2O4. The van der Waals surface area contributed by atoms with E-state index in [0.29, 0.717) is 17.8 Å². The Kier molecular flexibility index (Phi) is 5.45. The number of hydrogen-bond donors (Lipinski definition) is 2. The summed E-state index contributed by atoms with van der Waals surface area (Å²) < 4.78 is 5.75. The van der Waals surface area contributed by atoms with Crippen LogP contribution in [-0.4, -0.2) is 46.9 Å². The highest BCUT2D eigenvalue weighted by molar-refractivity contribution is 5.80. The Balaban J connectivity index is 1.97. The molecule has 1 aliphatic carbocycles. The molecule has 0 spiro atoms. The quantitative estimate of drug-likeness (QED) is 0.763. The number of carbonyl (C=O) groups is 2. The van der Waals surface area contributed by atoms with Crippen LogP contribution in [0.5, 0.6) is 0 Å². The minimum absolute atomic E-state index is 0.0680. The Labute approximate surface area is 132 Å². The normalized spacial score (nSPS) is 35.7. The summed E-state index contributed by atoms with van der Waals surface area (Å²) in [5.74, 6) is 0.786. The maximum absolute atomic E-state index is 12.4. The zero-order valence-corrected chi connectivity index (χ0v) is 13.9. The fraction of sp³-hybridized carbons (Fsp3) is 0.875. The Hall–Kier alpha value is -1.14. The summed E-state index contributed by atoms with van der Waals surface area (Å²) in [4.78, 5) is 25.0. The molecule has 2 N–H and O–H groups in total. The fourth-order valence-electron chi connectivity index (χ4n) is 3.54. The van der Waals surface area contributed by atoms with Gasteiger partial charge in [0, 0.05) is 6.92 Å². The first-order valence-corrected chi connectivity index (χ1v) is 8.21. The first kappa shape index (κ1) is 17.2. The highest BCUT2D eigenvalue weighted by atomic mass is 16.5. The molecule has 1 unspecified atom stereocenters. The van der Waals surface area contributed by atoms with Gasteiger partial charge in [-0.3, -0.25) is 14.9 Å². The van der Waals surface area contributed by atoms with E-state index in [4.69, 9.17) is 4.74 Å². The lowest BCUT2D eigenvalue weighted by atomic mass is 9.75. The first-order chi connectivity index (χ1) is 10.3. The van der Waals surface area contributed by atoms with Crippen LogP contribution in [0, 0.1) is 17.8 Å². The molecule has 2 fully saturated rings. The Morgan fingerprint density at radius 3 is 2.55 bits per heavy atom. The van der Waals surface area contributed by atoms with Gasteiger partial charge >= 0.3 is 5.97 Å². The van der Waals surface area contributed by atoms with Crippen molar-refractivity contribution in [2.24, 2.45) is 17.8 Å². The number of aliphatic hydroxyl groups excluding tert-OH is 1. The molecule has 6 heteroatoms. The molecule has 1 amide bonds. The summed E-state index contributed by atoms with van der Waals surface area (Å²) in [5.41, 5.74) is 0. The molecule has 1 saturated heterocycles. The van der Waals surface area contributed by atoms with Crippen LogP contribution in [0.3, 0.4) is 0 Å². The molecule has 6 nitrogen and oxygen atoms in total. The summed E-state index contributed by atoms with van der Waals surface area (Å²) >= 11 is 0. The summed E-state index contributed by atoms with van der Waals surface area (Å²) in [6, 6.07) is -0.649. The minimum Gasteiger partial charge on any atom is -0.461 e. The molecule has 22 heavy (non-hydrogen) atoms. The summed E-state index contributed by atoms with van der Waals surface area (Å²) in [5, 5.41) is 12.5. The Morgan fingerprint density at radius 2 is 2.00 bits per heavy atom. The van der Waals surface area contributed by atoms with Gasteiger partial charge in [0.15, 0.2) is 6.35 Å². The fourth-order valence-corrected chi connectivity index (χ4v) is 3.54. The molecule has 5 atom stereocenters. The maximum Gasteiger partial charge on any atom is 0.325 e. The van der Waals surface area contributed by atoms with Crippen molar-refractivity contribution in [1.29, 1.82) is 0 Å². The smallest absolute Gasteiger partial charge is 0.325 e. The van der Waals surface area contributed by atoms with Crippen molar-refractivity contribution in [2.75, 3.05) is 6.54 Å². The molecule has 1 heterocycles. The second-order valence-electron chi connectivity index (χ2n) is 7.07. The molecule has 1 saturated carbocycles. The lowest BCUT2D eigenvalue weighted by molar-refractivity contribution is -0.158. The number of carbonyl (C=O) groups excluding carboxylic acids is 2. The van der Waals surface area contributed by atoms with Gasteiger partial charge in [-0.15, -0.1) is 0 Å². The second-order valence-corrected chi connectivity index (χ2v) is 7.07. The Morgan fingerprint density at radius 1 is 1.32 bits per heavy atom. The van der Waals surface area contributed by atoms with Crippen LogP contribution < -0.4 is 5.32 Å². The SMILES string of the molecule is CC(=O)N1C[C@@H](C(=O)O[C@@H]2C[C@H](C)CC[C@H]2C(C)C)NC1O. The minimum atomic E-state index is -1.11. The predicted molar refractivity (Wildman–Crippen MR) is 81.5 cm³/mol. The van der Waals surface area contributed by atoms with Gasteiger partial charge in [0.2, 0.25) is 5.91 Å². The average molecular weight is 312 g/mol. The van der Waals surface area contributed by atoms with E-state index in [1.807, 2.05) is 0 Å². The topological polar surface area (TPSA) is 78.9 Å². The zero-order chi connectivity index (χ0) is 16.4. The van der Waals surface area contributed by atoms with Crippen LogP contribution in [0.4, 0.5) is 0 Å². The van der Waals surface area contributed by atoms with Gasteiger partial charge in [0.1, 0.15) is 12.1 Å².